The lowest BCUT2D eigenvalue weighted by Crippen LogP contribution is -2.38. The number of hydrogen-bond acceptors (Lipinski definition) is 4. The topological polar surface area (TPSA) is 69.9 Å². The third kappa shape index (κ3) is 1.70. The predicted molar refractivity (Wildman–Crippen MR) is 38.1 cm³/mol. The Bertz CT molecular complexity index is 128. The molecule has 0 amide bonds. The smallest absolute Gasteiger partial charge is 0.112 e. The summed E-state index contributed by atoms with van der Waals surface area (Å²) in [6.45, 7) is 1.91. The zero-order valence-corrected chi connectivity index (χ0v) is 6.47. The second-order valence-electron chi connectivity index (χ2n) is 2.83. The lowest BCUT2D eigenvalue weighted by atomic mass is 10.0. The van der Waals surface area contributed by atoms with Crippen LogP contribution in [-0.4, -0.2) is 46.3 Å². The highest BCUT2D eigenvalue weighted by molar-refractivity contribution is 4.87. The third-order valence-electron chi connectivity index (χ3n) is 1.99. The molecule has 0 saturated carbocycles. The van der Waals surface area contributed by atoms with E-state index in [1.165, 1.54) is 0 Å². The highest BCUT2D eigenvalue weighted by atomic mass is 16.5. The first-order valence-corrected chi connectivity index (χ1v) is 3.82. The maximum atomic E-state index is 9.25. The fourth-order valence-electron chi connectivity index (χ4n) is 1.20. The number of aliphatic hydroxyl groups excluding tert-OH is 3. The minimum absolute atomic E-state index is 0.114. The molecule has 0 radical (unpaired) electrons. The average Bonchev–Trinajstić information content (AvgIpc) is 2.32. The Kier molecular flexibility index (Phi) is 2.84. The summed E-state index contributed by atoms with van der Waals surface area (Å²) in [6, 6.07) is 0. The lowest BCUT2D eigenvalue weighted by molar-refractivity contribution is -0.0513. The van der Waals surface area contributed by atoms with E-state index in [4.69, 9.17) is 9.84 Å². The molecule has 1 rings (SSSR count). The molecule has 1 aliphatic heterocycles. The molecule has 0 aromatic heterocycles. The second kappa shape index (κ2) is 3.49. The molecule has 0 aromatic rings. The molecule has 1 fully saturated rings. The number of rotatable bonds is 2. The van der Waals surface area contributed by atoms with E-state index in [1.807, 2.05) is 0 Å². The SMILES string of the molecule is CCC(O)[C@H]1OC[C@@H](O)[C@@H]1O. The molecule has 4 atom stereocenters. The van der Waals surface area contributed by atoms with Gasteiger partial charge >= 0.3 is 0 Å². The van der Waals surface area contributed by atoms with Crippen molar-refractivity contribution in [2.24, 2.45) is 0 Å². The van der Waals surface area contributed by atoms with E-state index < -0.39 is 24.4 Å². The number of hydrogen-bond donors (Lipinski definition) is 3. The van der Waals surface area contributed by atoms with Crippen LogP contribution >= 0.6 is 0 Å². The molecule has 1 saturated heterocycles. The molecule has 4 heteroatoms. The summed E-state index contributed by atoms with van der Waals surface area (Å²) in [5, 5.41) is 27.5. The summed E-state index contributed by atoms with van der Waals surface area (Å²) in [5.74, 6) is 0. The molecule has 0 spiro atoms. The zero-order chi connectivity index (χ0) is 8.43. The largest absolute Gasteiger partial charge is 0.390 e. The van der Waals surface area contributed by atoms with Crippen molar-refractivity contribution in [1.82, 2.24) is 0 Å². The molecular formula is C7H14O4. The van der Waals surface area contributed by atoms with Gasteiger partial charge in [0, 0.05) is 0 Å². The van der Waals surface area contributed by atoms with Crippen LogP contribution in [0.2, 0.25) is 0 Å². The molecule has 11 heavy (non-hydrogen) atoms. The summed E-state index contributed by atoms with van der Waals surface area (Å²) in [4.78, 5) is 0. The van der Waals surface area contributed by atoms with Crippen molar-refractivity contribution in [3.63, 3.8) is 0 Å². The summed E-state index contributed by atoms with van der Waals surface area (Å²) >= 11 is 0. The number of ether oxygens (including phenoxy) is 1. The quantitative estimate of drug-likeness (QED) is 0.481. The normalized spacial score (nSPS) is 40.9. The monoisotopic (exact) mass is 162 g/mol. The molecule has 66 valence electrons. The minimum atomic E-state index is -0.940. The Morgan fingerprint density at radius 2 is 2.18 bits per heavy atom. The van der Waals surface area contributed by atoms with Gasteiger partial charge in [0.2, 0.25) is 0 Å². The zero-order valence-electron chi connectivity index (χ0n) is 6.47. The summed E-state index contributed by atoms with van der Waals surface area (Å²) in [5.41, 5.74) is 0. The standard InChI is InChI=1S/C7H14O4/c1-2-4(8)7-6(10)5(9)3-11-7/h4-10H,2-3H2,1H3/t4?,5-,6+,7-/m1/s1. The second-order valence-corrected chi connectivity index (χ2v) is 2.83. The van der Waals surface area contributed by atoms with Crippen molar-refractivity contribution in [1.29, 1.82) is 0 Å². The van der Waals surface area contributed by atoms with E-state index in [-0.39, 0.29) is 6.61 Å². The van der Waals surface area contributed by atoms with Crippen LogP contribution < -0.4 is 0 Å². The van der Waals surface area contributed by atoms with E-state index in [0.717, 1.165) is 0 Å². The molecule has 0 bridgehead atoms. The Hall–Kier alpha value is -0.160. The summed E-state index contributed by atoms with van der Waals surface area (Å²) in [6.07, 6.45) is -2.56. The van der Waals surface area contributed by atoms with Crippen molar-refractivity contribution in [2.45, 2.75) is 37.8 Å². The maximum absolute atomic E-state index is 9.25. The molecule has 1 heterocycles. The average molecular weight is 162 g/mol. The third-order valence-corrected chi connectivity index (χ3v) is 1.99. The molecule has 1 aliphatic rings. The van der Waals surface area contributed by atoms with E-state index in [1.54, 1.807) is 6.92 Å². The van der Waals surface area contributed by atoms with Crippen molar-refractivity contribution < 1.29 is 20.1 Å². The fraction of sp³-hybridized carbons (Fsp3) is 1.00. The summed E-state index contributed by atoms with van der Waals surface area (Å²) < 4.78 is 4.98. The van der Waals surface area contributed by atoms with Gasteiger partial charge in [0.05, 0.1) is 12.7 Å². The fourth-order valence-corrected chi connectivity index (χ4v) is 1.20. The van der Waals surface area contributed by atoms with Crippen LogP contribution in [-0.2, 0) is 4.74 Å². The van der Waals surface area contributed by atoms with Crippen LogP contribution in [0.1, 0.15) is 13.3 Å². The van der Waals surface area contributed by atoms with Crippen LogP contribution in [0.25, 0.3) is 0 Å². The van der Waals surface area contributed by atoms with E-state index in [0.29, 0.717) is 6.42 Å². The van der Waals surface area contributed by atoms with Crippen molar-refractivity contribution in [3.8, 4) is 0 Å². The molecular weight excluding hydrogens is 148 g/mol. The Balaban J connectivity index is 2.47. The highest BCUT2D eigenvalue weighted by Crippen LogP contribution is 2.18. The molecule has 4 nitrogen and oxygen atoms in total. The van der Waals surface area contributed by atoms with Gasteiger partial charge in [0.1, 0.15) is 18.3 Å². The van der Waals surface area contributed by atoms with E-state index >= 15 is 0 Å². The van der Waals surface area contributed by atoms with Gasteiger partial charge in [0.15, 0.2) is 0 Å². The minimum Gasteiger partial charge on any atom is -0.390 e. The van der Waals surface area contributed by atoms with E-state index in [2.05, 4.69) is 0 Å². The highest BCUT2D eigenvalue weighted by Gasteiger charge is 2.38. The van der Waals surface area contributed by atoms with Crippen LogP contribution in [0.15, 0.2) is 0 Å². The van der Waals surface area contributed by atoms with Crippen LogP contribution in [0, 0.1) is 0 Å². The lowest BCUT2D eigenvalue weighted by Gasteiger charge is -2.19. The van der Waals surface area contributed by atoms with Gasteiger partial charge in [-0.1, -0.05) is 6.92 Å². The van der Waals surface area contributed by atoms with Crippen LogP contribution in [0.4, 0.5) is 0 Å². The van der Waals surface area contributed by atoms with Crippen LogP contribution in [0.5, 0.6) is 0 Å². The molecule has 1 unspecified atom stereocenters. The van der Waals surface area contributed by atoms with Crippen LogP contribution in [0.3, 0.4) is 0 Å². The Morgan fingerprint density at radius 3 is 2.55 bits per heavy atom. The predicted octanol–water partition coefficient (Wildman–Crippen LogP) is -1.12. The summed E-state index contributed by atoms with van der Waals surface area (Å²) in [7, 11) is 0. The van der Waals surface area contributed by atoms with Gasteiger partial charge in [0.25, 0.3) is 0 Å². The van der Waals surface area contributed by atoms with Gasteiger partial charge in [-0.2, -0.15) is 0 Å². The molecule has 3 N–H and O–H groups in total. The van der Waals surface area contributed by atoms with Gasteiger partial charge < -0.3 is 20.1 Å². The molecule has 0 aromatic carbocycles. The van der Waals surface area contributed by atoms with Crippen molar-refractivity contribution in [3.05, 3.63) is 0 Å². The van der Waals surface area contributed by atoms with Crippen molar-refractivity contribution >= 4 is 0 Å². The van der Waals surface area contributed by atoms with Crippen molar-refractivity contribution in [2.75, 3.05) is 6.61 Å². The van der Waals surface area contributed by atoms with Gasteiger partial charge in [-0.05, 0) is 6.42 Å². The first-order valence-electron chi connectivity index (χ1n) is 3.82. The van der Waals surface area contributed by atoms with E-state index in [9.17, 15) is 10.2 Å². The van der Waals surface area contributed by atoms with Gasteiger partial charge in [-0.3, -0.25) is 0 Å². The first-order chi connectivity index (χ1) is 5.16. The number of aliphatic hydroxyl groups is 3. The Labute approximate surface area is 65.4 Å². The first kappa shape index (κ1) is 8.93. The maximum Gasteiger partial charge on any atom is 0.112 e. The Morgan fingerprint density at radius 1 is 1.55 bits per heavy atom. The van der Waals surface area contributed by atoms with Gasteiger partial charge in [-0.15, -0.1) is 0 Å². The van der Waals surface area contributed by atoms with Gasteiger partial charge in [-0.25, -0.2) is 0 Å². The molecule has 0 aliphatic carbocycles.